The first kappa shape index (κ1) is 15.2. The monoisotopic (exact) mass is 292 g/mol. The van der Waals surface area contributed by atoms with Gasteiger partial charge in [0.1, 0.15) is 5.69 Å². The molecule has 0 saturated carbocycles. The molecule has 1 saturated heterocycles. The van der Waals surface area contributed by atoms with Gasteiger partial charge in [0.25, 0.3) is 11.6 Å². The van der Waals surface area contributed by atoms with E-state index in [4.69, 9.17) is 5.73 Å². The Morgan fingerprint density at radius 3 is 2.86 bits per heavy atom. The SMILES string of the molecule is CC1CN(C)CCC1NC(=O)c1ccc(N)c([N+](=O)[O-])c1. The lowest BCUT2D eigenvalue weighted by atomic mass is 9.94. The van der Waals surface area contributed by atoms with Gasteiger partial charge in [-0.1, -0.05) is 6.92 Å². The molecule has 2 unspecified atom stereocenters. The standard InChI is InChI=1S/C14H20N4O3/c1-9-8-17(2)6-5-12(9)16-14(19)10-3-4-11(15)13(7-10)18(20)21/h3-4,7,9,12H,5-6,8,15H2,1-2H3,(H,16,19). The van der Waals surface area contributed by atoms with Crippen molar-refractivity contribution in [3.8, 4) is 0 Å². The number of nitrogen functional groups attached to an aromatic ring is 1. The number of hydrogen-bond acceptors (Lipinski definition) is 5. The maximum absolute atomic E-state index is 12.2. The highest BCUT2D eigenvalue weighted by Gasteiger charge is 2.26. The number of amides is 1. The van der Waals surface area contributed by atoms with E-state index in [1.807, 2.05) is 0 Å². The fourth-order valence-corrected chi connectivity index (χ4v) is 2.66. The summed E-state index contributed by atoms with van der Waals surface area (Å²) in [5, 5.41) is 13.8. The zero-order chi connectivity index (χ0) is 15.6. The number of likely N-dealkylation sites (tertiary alicyclic amines) is 1. The molecule has 0 aliphatic carbocycles. The highest BCUT2D eigenvalue weighted by Crippen LogP contribution is 2.23. The molecule has 7 nitrogen and oxygen atoms in total. The molecule has 114 valence electrons. The van der Waals surface area contributed by atoms with Crippen molar-refractivity contribution in [3.05, 3.63) is 33.9 Å². The summed E-state index contributed by atoms with van der Waals surface area (Å²) in [5.74, 6) is 0.0518. The quantitative estimate of drug-likeness (QED) is 0.496. The van der Waals surface area contributed by atoms with Gasteiger partial charge in [-0.15, -0.1) is 0 Å². The second-order valence-corrected chi connectivity index (χ2v) is 5.64. The topological polar surface area (TPSA) is 102 Å². The van der Waals surface area contributed by atoms with Crippen molar-refractivity contribution in [2.45, 2.75) is 19.4 Å². The predicted molar refractivity (Wildman–Crippen MR) is 80.0 cm³/mol. The summed E-state index contributed by atoms with van der Waals surface area (Å²) in [6.45, 7) is 3.94. The number of benzene rings is 1. The van der Waals surface area contributed by atoms with E-state index in [0.29, 0.717) is 5.92 Å². The molecule has 1 amide bonds. The van der Waals surface area contributed by atoms with E-state index in [2.05, 4.69) is 24.2 Å². The molecule has 3 N–H and O–H groups in total. The minimum Gasteiger partial charge on any atom is -0.393 e. The number of nitrogens with zero attached hydrogens (tertiary/aromatic N) is 2. The zero-order valence-electron chi connectivity index (χ0n) is 12.2. The number of nitrogens with one attached hydrogen (secondary N) is 1. The third kappa shape index (κ3) is 3.49. The third-order valence-electron chi connectivity index (χ3n) is 3.91. The normalized spacial score (nSPS) is 22.8. The molecule has 0 spiro atoms. The van der Waals surface area contributed by atoms with Crippen LogP contribution in [0.15, 0.2) is 18.2 Å². The van der Waals surface area contributed by atoms with Crippen molar-refractivity contribution in [2.24, 2.45) is 5.92 Å². The van der Waals surface area contributed by atoms with Crippen LogP contribution in [0.4, 0.5) is 11.4 Å². The van der Waals surface area contributed by atoms with Gasteiger partial charge in [0.05, 0.1) is 4.92 Å². The molecule has 7 heteroatoms. The van der Waals surface area contributed by atoms with Crippen molar-refractivity contribution in [1.29, 1.82) is 0 Å². The number of carbonyl (C=O) groups excluding carboxylic acids is 1. The summed E-state index contributed by atoms with van der Waals surface area (Å²) >= 11 is 0. The number of anilines is 1. The number of rotatable bonds is 3. The lowest BCUT2D eigenvalue weighted by molar-refractivity contribution is -0.383. The fraction of sp³-hybridized carbons (Fsp3) is 0.500. The van der Waals surface area contributed by atoms with E-state index in [9.17, 15) is 14.9 Å². The Hall–Kier alpha value is -2.15. The summed E-state index contributed by atoms with van der Waals surface area (Å²) in [5.41, 5.74) is 5.62. The first-order valence-corrected chi connectivity index (χ1v) is 6.92. The van der Waals surface area contributed by atoms with Crippen LogP contribution in [0.3, 0.4) is 0 Å². The molecule has 2 rings (SSSR count). The average Bonchev–Trinajstić information content (AvgIpc) is 2.42. The van der Waals surface area contributed by atoms with E-state index >= 15 is 0 Å². The van der Waals surface area contributed by atoms with Crippen molar-refractivity contribution >= 4 is 17.3 Å². The summed E-state index contributed by atoms with van der Waals surface area (Å²) < 4.78 is 0. The highest BCUT2D eigenvalue weighted by atomic mass is 16.6. The number of nitrogens with two attached hydrogens (primary N) is 1. The molecular formula is C14H20N4O3. The lowest BCUT2D eigenvalue weighted by Gasteiger charge is -2.35. The Kier molecular flexibility index (Phi) is 4.42. The van der Waals surface area contributed by atoms with Crippen LogP contribution in [-0.4, -0.2) is 41.9 Å². The summed E-state index contributed by atoms with van der Waals surface area (Å²) in [6.07, 6.45) is 0.875. The second kappa shape index (κ2) is 6.09. The van der Waals surface area contributed by atoms with Crippen LogP contribution in [-0.2, 0) is 0 Å². The molecule has 0 bridgehead atoms. The lowest BCUT2D eigenvalue weighted by Crippen LogP contribution is -2.48. The Morgan fingerprint density at radius 1 is 1.52 bits per heavy atom. The number of carbonyl (C=O) groups is 1. The van der Waals surface area contributed by atoms with Crippen molar-refractivity contribution in [1.82, 2.24) is 10.2 Å². The van der Waals surface area contributed by atoms with Gasteiger partial charge in [-0.2, -0.15) is 0 Å². The molecule has 2 atom stereocenters. The van der Waals surface area contributed by atoms with Crippen LogP contribution < -0.4 is 11.1 Å². The molecule has 1 fully saturated rings. The van der Waals surface area contributed by atoms with Crippen LogP contribution in [0.1, 0.15) is 23.7 Å². The predicted octanol–water partition coefficient (Wildman–Crippen LogP) is 1.25. The van der Waals surface area contributed by atoms with Crippen molar-refractivity contribution in [3.63, 3.8) is 0 Å². The van der Waals surface area contributed by atoms with Gasteiger partial charge in [0, 0.05) is 24.2 Å². The molecule has 1 aromatic rings. The molecule has 1 aliphatic rings. The van der Waals surface area contributed by atoms with Crippen LogP contribution >= 0.6 is 0 Å². The molecule has 0 radical (unpaired) electrons. The molecular weight excluding hydrogens is 272 g/mol. The Morgan fingerprint density at radius 2 is 2.24 bits per heavy atom. The van der Waals surface area contributed by atoms with Crippen LogP contribution in [0.5, 0.6) is 0 Å². The number of hydrogen-bond donors (Lipinski definition) is 2. The second-order valence-electron chi connectivity index (χ2n) is 5.64. The molecule has 1 aliphatic heterocycles. The maximum Gasteiger partial charge on any atom is 0.292 e. The maximum atomic E-state index is 12.2. The van der Waals surface area contributed by atoms with Crippen LogP contribution in [0.2, 0.25) is 0 Å². The highest BCUT2D eigenvalue weighted by molar-refractivity contribution is 5.95. The van der Waals surface area contributed by atoms with Gasteiger partial charge in [0.2, 0.25) is 0 Å². The fourth-order valence-electron chi connectivity index (χ4n) is 2.66. The average molecular weight is 292 g/mol. The largest absolute Gasteiger partial charge is 0.393 e. The van der Waals surface area contributed by atoms with Crippen molar-refractivity contribution < 1.29 is 9.72 Å². The van der Waals surface area contributed by atoms with Crippen molar-refractivity contribution in [2.75, 3.05) is 25.9 Å². The van der Waals surface area contributed by atoms with E-state index in [1.165, 1.54) is 18.2 Å². The molecule has 0 aromatic heterocycles. The van der Waals surface area contributed by atoms with Crippen LogP contribution in [0.25, 0.3) is 0 Å². The Labute approximate surface area is 123 Å². The Bertz CT molecular complexity index is 561. The number of piperidine rings is 1. The number of nitro groups is 1. The molecule has 1 aromatic carbocycles. The van der Waals surface area contributed by atoms with E-state index < -0.39 is 4.92 Å². The molecule has 21 heavy (non-hydrogen) atoms. The van der Waals surface area contributed by atoms with E-state index in [-0.39, 0.29) is 28.9 Å². The summed E-state index contributed by atoms with van der Waals surface area (Å²) in [7, 11) is 2.05. The smallest absolute Gasteiger partial charge is 0.292 e. The summed E-state index contributed by atoms with van der Waals surface area (Å²) in [4.78, 5) is 24.7. The van der Waals surface area contributed by atoms with Crippen LogP contribution in [0, 0.1) is 16.0 Å². The minimum absolute atomic E-state index is 0.0595. The van der Waals surface area contributed by atoms with Gasteiger partial charge in [-0.25, -0.2) is 0 Å². The minimum atomic E-state index is -0.579. The van der Waals surface area contributed by atoms with Gasteiger partial charge in [0.15, 0.2) is 0 Å². The Balaban J connectivity index is 2.10. The first-order valence-electron chi connectivity index (χ1n) is 6.92. The number of nitro benzene ring substituents is 1. The third-order valence-corrected chi connectivity index (χ3v) is 3.91. The van der Waals surface area contributed by atoms with Gasteiger partial charge in [-0.3, -0.25) is 14.9 Å². The zero-order valence-corrected chi connectivity index (χ0v) is 12.2. The molecule has 1 heterocycles. The summed E-state index contributed by atoms with van der Waals surface area (Å²) in [6, 6.07) is 4.22. The van der Waals surface area contributed by atoms with Gasteiger partial charge in [-0.05, 0) is 38.1 Å². The van der Waals surface area contributed by atoms with E-state index in [1.54, 1.807) is 0 Å². The van der Waals surface area contributed by atoms with Gasteiger partial charge >= 0.3 is 0 Å². The van der Waals surface area contributed by atoms with Gasteiger partial charge < -0.3 is 16.0 Å². The van der Waals surface area contributed by atoms with E-state index in [0.717, 1.165) is 19.5 Å². The first-order chi connectivity index (χ1) is 9.88.